The Hall–Kier alpha value is -2.34. The summed E-state index contributed by atoms with van der Waals surface area (Å²) in [5, 5.41) is 2.11. The summed E-state index contributed by atoms with van der Waals surface area (Å²) in [6, 6.07) is 11.4. The summed E-state index contributed by atoms with van der Waals surface area (Å²) in [6.45, 7) is 2.82. The minimum absolute atomic E-state index is 0.271. The van der Waals surface area contributed by atoms with E-state index in [4.69, 9.17) is 4.42 Å². The molecule has 0 spiro atoms. The number of oxazole rings is 1. The molecule has 2 aromatic heterocycles. The van der Waals surface area contributed by atoms with Gasteiger partial charge in [-0.3, -0.25) is 4.79 Å². The molecule has 0 N–H and O–H groups in total. The predicted octanol–water partition coefficient (Wildman–Crippen LogP) is 6.07. The molecule has 1 saturated carbocycles. The summed E-state index contributed by atoms with van der Waals surface area (Å²) in [5.41, 5.74) is 2.69. The van der Waals surface area contributed by atoms with Gasteiger partial charge in [0, 0.05) is 35.9 Å². The van der Waals surface area contributed by atoms with Crippen molar-refractivity contribution in [2.75, 3.05) is 24.5 Å². The molecule has 1 amide bonds. The number of benzene rings is 1. The zero-order valence-electron chi connectivity index (χ0n) is 18.5. The van der Waals surface area contributed by atoms with Crippen molar-refractivity contribution in [3.63, 3.8) is 0 Å². The molecule has 3 aromatic rings. The number of hydrogen-bond acceptors (Lipinski definition) is 5. The number of carbonyl (C=O) groups excluding carboxylic acids is 1. The van der Waals surface area contributed by atoms with Crippen molar-refractivity contribution in [1.82, 2.24) is 9.88 Å². The van der Waals surface area contributed by atoms with Crippen molar-refractivity contribution in [3.05, 3.63) is 46.2 Å². The molecule has 5 nitrogen and oxygen atoms in total. The highest BCUT2D eigenvalue weighted by atomic mass is 32.1. The van der Waals surface area contributed by atoms with Crippen LogP contribution in [0.5, 0.6) is 0 Å². The monoisotopic (exact) mass is 449 g/mol. The van der Waals surface area contributed by atoms with E-state index < -0.39 is 0 Å². The lowest BCUT2D eigenvalue weighted by molar-refractivity contribution is 0.0391. The average Bonchev–Trinajstić information content (AvgIpc) is 3.51. The number of carbonyl (C=O) groups is 1. The summed E-state index contributed by atoms with van der Waals surface area (Å²) in [7, 11) is 0. The van der Waals surface area contributed by atoms with E-state index >= 15 is 0 Å². The molecule has 3 fully saturated rings. The summed E-state index contributed by atoms with van der Waals surface area (Å²) in [6.07, 6.45) is 9.74. The van der Waals surface area contributed by atoms with Gasteiger partial charge >= 0.3 is 0 Å². The molecule has 2 saturated heterocycles. The standard InChI is InChI=1S/C26H31N3O2S/c30-25(29-13-5-7-18-6-1-3-9-22(18)29)20-16-24(32-17-20)19-11-14-28(15-12-19)26-27-21-8-2-4-10-23(21)31-26/h2,4,8,10,16-19,22H,1,3,5-7,9,11-15H2. The zero-order chi connectivity index (χ0) is 21.5. The number of thiophene rings is 1. The predicted molar refractivity (Wildman–Crippen MR) is 129 cm³/mol. The van der Waals surface area contributed by atoms with Crippen molar-refractivity contribution in [2.45, 2.75) is 63.3 Å². The number of nitrogens with zero attached hydrogens (tertiary/aromatic N) is 3. The second-order valence-electron chi connectivity index (χ2n) is 9.72. The second-order valence-corrected chi connectivity index (χ2v) is 10.7. The number of amides is 1. The number of aromatic nitrogens is 1. The average molecular weight is 450 g/mol. The fourth-order valence-corrected chi connectivity index (χ4v) is 7.13. The molecule has 4 heterocycles. The Morgan fingerprint density at radius 1 is 1.00 bits per heavy atom. The molecule has 3 aliphatic rings. The SMILES string of the molecule is O=C(c1csc(C2CCN(c3nc4ccccc4o3)CC2)c1)N1CCCC2CCCCC21. The molecular weight excluding hydrogens is 418 g/mol. The minimum Gasteiger partial charge on any atom is -0.423 e. The molecule has 0 radical (unpaired) electrons. The van der Waals surface area contributed by atoms with Crippen molar-refractivity contribution < 1.29 is 9.21 Å². The minimum atomic E-state index is 0.271. The van der Waals surface area contributed by atoms with E-state index in [0.29, 0.717) is 12.0 Å². The molecule has 6 rings (SSSR count). The molecule has 168 valence electrons. The van der Waals surface area contributed by atoms with Gasteiger partial charge in [0.1, 0.15) is 5.52 Å². The molecule has 1 aliphatic carbocycles. The van der Waals surface area contributed by atoms with Gasteiger partial charge < -0.3 is 14.2 Å². The Morgan fingerprint density at radius 3 is 2.69 bits per heavy atom. The Labute approximate surface area is 193 Å². The highest BCUT2D eigenvalue weighted by molar-refractivity contribution is 7.10. The molecular formula is C26H31N3O2S. The van der Waals surface area contributed by atoms with Crippen LogP contribution in [0.4, 0.5) is 6.01 Å². The lowest BCUT2D eigenvalue weighted by Gasteiger charge is -2.44. The number of anilines is 1. The van der Waals surface area contributed by atoms with Crippen LogP contribution in [0.2, 0.25) is 0 Å². The van der Waals surface area contributed by atoms with E-state index in [1.807, 2.05) is 24.3 Å². The number of piperidine rings is 2. The quantitative estimate of drug-likeness (QED) is 0.487. The van der Waals surface area contributed by atoms with Gasteiger partial charge in [0.05, 0.1) is 5.56 Å². The van der Waals surface area contributed by atoms with Crippen LogP contribution in [-0.2, 0) is 0 Å². The van der Waals surface area contributed by atoms with Gasteiger partial charge in [0.15, 0.2) is 5.58 Å². The lowest BCUT2D eigenvalue weighted by atomic mass is 9.78. The molecule has 2 aliphatic heterocycles. The first kappa shape index (κ1) is 20.3. The van der Waals surface area contributed by atoms with Crippen LogP contribution in [0.3, 0.4) is 0 Å². The van der Waals surface area contributed by atoms with Gasteiger partial charge in [0.2, 0.25) is 0 Å². The fraction of sp³-hybridized carbons (Fsp3) is 0.538. The van der Waals surface area contributed by atoms with E-state index in [2.05, 4.69) is 26.2 Å². The molecule has 2 atom stereocenters. The Balaban J connectivity index is 1.11. The summed E-state index contributed by atoms with van der Waals surface area (Å²) < 4.78 is 5.96. The van der Waals surface area contributed by atoms with E-state index in [0.717, 1.165) is 67.5 Å². The number of para-hydroxylation sites is 2. The second kappa shape index (κ2) is 8.54. The maximum absolute atomic E-state index is 13.4. The number of fused-ring (bicyclic) bond motifs is 2. The normalized spacial score (nSPS) is 24.6. The largest absolute Gasteiger partial charge is 0.423 e. The third-order valence-corrected chi connectivity index (χ3v) is 8.92. The first-order chi connectivity index (χ1) is 15.8. The van der Waals surface area contributed by atoms with Gasteiger partial charge in [0.25, 0.3) is 11.9 Å². The summed E-state index contributed by atoms with van der Waals surface area (Å²) in [5.74, 6) is 1.52. The Morgan fingerprint density at radius 2 is 1.81 bits per heavy atom. The van der Waals surface area contributed by atoms with Crippen molar-refractivity contribution in [3.8, 4) is 0 Å². The van der Waals surface area contributed by atoms with Crippen LogP contribution >= 0.6 is 11.3 Å². The molecule has 0 bridgehead atoms. The molecule has 2 unspecified atom stereocenters. The van der Waals surface area contributed by atoms with Crippen LogP contribution in [0.1, 0.15) is 72.5 Å². The molecule has 1 aromatic carbocycles. The van der Waals surface area contributed by atoms with Crippen LogP contribution in [0.15, 0.2) is 40.1 Å². The Bertz CT molecular complexity index is 1060. The maximum atomic E-state index is 13.4. The maximum Gasteiger partial charge on any atom is 0.298 e. The van der Waals surface area contributed by atoms with E-state index in [1.165, 1.54) is 37.0 Å². The summed E-state index contributed by atoms with van der Waals surface area (Å²) in [4.78, 5) is 23.9. The van der Waals surface area contributed by atoms with Gasteiger partial charge in [-0.2, -0.15) is 4.98 Å². The van der Waals surface area contributed by atoms with Gasteiger partial charge in [-0.1, -0.05) is 25.0 Å². The number of likely N-dealkylation sites (tertiary alicyclic amines) is 1. The van der Waals surface area contributed by atoms with Gasteiger partial charge in [-0.25, -0.2) is 0 Å². The third kappa shape index (κ3) is 3.72. The first-order valence-electron chi connectivity index (χ1n) is 12.3. The number of rotatable bonds is 3. The summed E-state index contributed by atoms with van der Waals surface area (Å²) >= 11 is 1.77. The van der Waals surface area contributed by atoms with Gasteiger partial charge in [-0.05, 0) is 68.6 Å². The van der Waals surface area contributed by atoms with E-state index in [1.54, 1.807) is 11.3 Å². The van der Waals surface area contributed by atoms with E-state index in [9.17, 15) is 4.79 Å². The fourth-order valence-electron chi connectivity index (χ4n) is 6.07. The lowest BCUT2D eigenvalue weighted by Crippen LogP contribution is -2.49. The van der Waals surface area contributed by atoms with Crippen LogP contribution in [-0.4, -0.2) is 41.5 Å². The van der Waals surface area contributed by atoms with Crippen molar-refractivity contribution in [2.24, 2.45) is 5.92 Å². The van der Waals surface area contributed by atoms with Crippen LogP contribution in [0.25, 0.3) is 11.1 Å². The first-order valence-corrected chi connectivity index (χ1v) is 13.1. The topological polar surface area (TPSA) is 49.6 Å². The van der Waals surface area contributed by atoms with Crippen LogP contribution < -0.4 is 4.90 Å². The van der Waals surface area contributed by atoms with Crippen molar-refractivity contribution >= 4 is 34.4 Å². The van der Waals surface area contributed by atoms with Crippen LogP contribution in [0, 0.1) is 5.92 Å². The third-order valence-electron chi connectivity index (χ3n) is 7.82. The highest BCUT2D eigenvalue weighted by Gasteiger charge is 2.36. The van der Waals surface area contributed by atoms with Crippen molar-refractivity contribution in [1.29, 1.82) is 0 Å². The van der Waals surface area contributed by atoms with Gasteiger partial charge in [-0.15, -0.1) is 11.3 Å². The smallest absolute Gasteiger partial charge is 0.298 e. The molecule has 32 heavy (non-hydrogen) atoms. The number of hydrogen-bond donors (Lipinski definition) is 0. The molecule has 6 heteroatoms. The van der Waals surface area contributed by atoms with E-state index in [-0.39, 0.29) is 5.91 Å². The zero-order valence-corrected chi connectivity index (χ0v) is 19.4. The highest BCUT2D eigenvalue weighted by Crippen LogP contribution is 2.38. The Kier molecular flexibility index (Phi) is 5.41.